The van der Waals surface area contributed by atoms with E-state index in [1.54, 1.807) is 18.2 Å². The molecule has 0 atom stereocenters. The van der Waals surface area contributed by atoms with Crippen LogP contribution in [0.25, 0.3) is 0 Å². The van der Waals surface area contributed by atoms with Gasteiger partial charge in [0.1, 0.15) is 5.82 Å². The molecule has 0 saturated heterocycles. The molecule has 0 radical (unpaired) electrons. The molecule has 1 saturated carbocycles. The second kappa shape index (κ2) is 5.55. The van der Waals surface area contributed by atoms with Gasteiger partial charge in [-0.25, -0.2) is 4.39 Å². The van der Waals surface area contributed by atoms with E-state index in [1.807, 2.05) is 0 Å². The fraction of sp³-hybridized carbons (Fsp3) is 0.588. The Labute approximate surface area is 120 Å². The number of carboxylic acid groups (broad SMARTS) is 1. The van der Waals surface area contributed by atoms with Gasteiger partial charge in [-0.3, -0.25) is 4.79 Å². The van der Waals surface area contributed by atoms with Crippen LogP contribution in [-0.2, 0) is 10.2 Å². The molecule has 20 heavy (non-hydrogen) atoms. The van der Waals surface area contributed by atoms with Crippen LogP contribution in [0.3, 0.4) is 0 Å². The molecule has 0 heterocycles. The lowest BCUT2D eigenvalue weighted by molar-refractivity contribution is -0.156. The summed E-state index contributed by atoms with van der Waals surface area (Å²) in [5.74, 6) is -1.28. The van der Waals surface area contributed by atoms with E-state index in [4.69, 9.17) is 0 Å². The molecule has 0 unspecified atom stereocenters. The van der Waals surface area contributed by atoms with Crippen molar-refractivity contribution in [1.29, 1.82) is 0 Å². The van der Waals surface area contributed by atoms with E-state index >= 15 is 0 Å². The minimum atomic E-state index is -1.02. The lowest BCUT2D eigenvalue weighted by atomic mass is 9.48. The molecule has 1 aliphatic rings. The smallest absolute Gasteiger partial charge is 0.314 e. The zero-order valence-corrected chi connectivity index (χ0v) is 12.3. The Morgan fingerprint density at radius 1 is 1.20 bits per heavy atom. The summed E-state index contributed by atoms with van der Waals surface area (Å²) in [6.07, 6.45) is 5.30. The van der Waals surface area contributed by atoms with Crippen molar-refractivity contribution in [2.24, 2.45) is 5.41 Å². The Bertz CT molecular complexity index is 482. The first-order valence-corrected chi connectivity index (χ1v) is 7.48. The van der Waals surface area contributed by atoms with E-state index < -0.39 is 17.2 Å². The van der Waals surface area contributed by atoms with Gasteiger partial charge in [-0.2, -0.15) is 0 Å². The van der Waals surface area contributed by atoms with E-state index in [2.05, 4.69) is 13.8 Å². The highest BCUT2D eigenvalue weighted by molar-refractivity contribution is 5.83. The van der Waals surface area contributed by atoms with Crippen molar-refractivity contribution < 1.29 is 14.3 Å². The largest absolute Gasteiger partial charge is 0.481 e. The Morgan fingerprint density at radius 2 is 1.75 bits per heavy atom. The maximum Gasteiger partial charge on any atom is 0.314 e. The highest BCUT2D eigenvalue weighted by Crippen LogP contribution is 2.60. The molecule has 1 N–H and O–H groups in total. The Hall–Kier alpha value is -1.38. The summed E-state index contributed by atoms with van der Waals surface area (Å²) in [5.41, 5.74) is -0.574. The summed E-state index contributed by atoms with van der Waals surface area (Å²) in [7, 11) is 0. The van der Waals surface area contributed by atoms with Gasteiger partial charge < -0.3 is 5.11 Å². The normalized spacial score (nSPS) is 19.4. The molecule has 1 aromatic carbocycles. The third kappa shape index (κ3) is 2.34. The van der Waals surface area contributed by atoms with Crippen molar-refractivity contribution >= 4 is 5.97 Å². The number of hydrogen-bond donors (Lipinski definition) is 1. The van der Waals surface area contributed by atoms with Gasteiger partial charge in [-0.1, -0.05) is 44.9 Å². The lowest BCUT2D eigenvalue weighted by Gasteiger charge is -2.54. The number of carbonyl (C=O) groups is 1. The summed E-state index contributed by atoms with van der Waals surface area (Å²) in [6.45, 7) is 4.25. The van der Waals surface area contributed by atoms with Crippen LogP contribution >= 0.6 is 0 Å². The number of halogens is 1. The molecule has 1 fully saturated rings. The topological polar surface area (TPSA) is 37.3 Å². The van der Waals surface area contributed by atoms with Gasteiger partial charge in [-0.05, 0) is 37.2 Å². The average molecular weight is 278 g/mol. The number of carboxylic acids is 1. The zero-order valence-electron chi connectivity index (χ0n) is 12.3. The quantitative estimate of drug-likeness (QED) is 0.830. The minimum absolute atomic E-state index is 0.0875. The fourth-order valence-electron chi connectivity index (χ4n) is 4.07. The van der Waals surface area contributed by atoms with Gasteiger partial charge in [0.05, 0.1) is 5.41 Å². The summed E-state index contributed by atoms with van der Waals surface area (Å²) >= 11 is 0. The first-order valence-electron chi connectivity index (χ1n) is 7.48. The minimum Gasteiger partial charge on any atom is -0.481 e. The molecule has 0 bridgehead atoms. The summed E-state index contributed by atoms with van der Waals surface area (Å²) < 4.78 is 14.0. The van der Waals surface area contributed by atoms with Crippen LogP contribution in [0.1, 0.15) is 57.9 Å². The number of rotatable bonds is 6. The van der Waals surface area contributed by atoms with E-state index in [9.17, 15) is 14.3 Å². The average Bonchev–Trinajstić information content (AvgIpc) is 2.36. The second-order valence-electron chi connectivity index (χ2n) is 6.22. The summed E-state index contributed by atoms with van der Waals surface area (Å²) in [6, 6.07) is 6.33. The van der Waals surface area contributed by atoms with Crippen molar-refractivity contribution in [3.8, 4) is 0 Å². The van der Waals surface area contributed by atoms with Crippen LogP contribution in [0.4, 0.5) is 4.39 Å². The first kappa shape index (κ1) is 15.0. The molecule has 110 valence electrons. The van der Waals surface area contributed by atoms with Crippen molar-refractivity contribution in [2.45, 2.75) is 57.8 Å². The van der Waals surface area contributed by atoms with Gasteiger partial charge in [0.25, 0.3) is 0 Å². The molecular weight excluding hydrogens is 255 g/mol. The van der Waals surface area contributed by atoms with Gasteiger partial charge in [0.15, 0.2) is 0 Å². The van der Waals surface area contributed by atoms with Crippen LogP contribution in [0.15, 0.2) is 24.3 Å². The number of aliphatic carboxylic acids is 1. The van der Waals surface area contributed by atoms with E-state index in [0.717, 1.165) is 25.7 Å². The fourth-order valence-corrected chi connectivity index (χ4v) is 4.07. The molecule has 2 nitrogen and oxygen atoms in total. The molecule has 0 aliphatic heterocycles. The highest BCUT2D eigenvalue weighted by atomic mass is 19.1. The predicted octanol–water partition coefficient (Wildman–Crippen LogP) is 4.53. The van der Waals surface area contributed by atoms with E-state index in [-0.39, 0.29) is 5.41 Å². The third-order valence-corrected chi connectivity index (χ3v) is 4.71. The maximum atomic E-state index is 14.0. The van der Waals surface area contributed by atoms with Crippen LogP contribution in [0, 0.1) is 11.2 Å². The Balaban J connectivity index is 2.33. The monoisotopic (exact) mass is 278 g/mol. The van der Waals surface area contributed by atoms with Gasteiger partial charge >= 0.3 is 5.97 Å². The lowest BCUT2D eigenvalue weighted by Crippen LogP contribution is -2.54. The van der Waals surface area contributed by atoms with Gasteiger partial charge in [0.2, 0.25) is 0 Å². The van der Waals surface area contributed by atoms with Crippen molar-refractivity contribution in [1.82, 2.24) is 0 Å². The molecule has 0 spiro atoms. The predicted molar refractivity (Wildman–Crippen MR) is 77.2 cm³/mol. The summed E-state index contributed by atoms with van der Waals surface area (Å²) in [5, 5.41) is 9.66. The molecule has 1 aliphatic carbocycles. The van der Waals surface area contributed by atoms with Crippen molar-refractivity contribution in [3.05, 3.63) is 35.6 Å². The molecule has 3 heteroatoms. The van der Waals surface area contributed by atoms with Crippen LogP contribution in [0.5, 0.6) is 0 Å². The molecular formula is C17H23FO2. The highest BCUT2D eigenvalue weighted by Gasteiger charge is 2.59. The van der Waals surface area contributed by atoms with Gasteiger partial charge in [-0.15, -0.1) is 0 Å². The first-order chi connectivity index (χ1) is 9.49. The standard InChI is InChI=1S/C17H23FO2/c1-3-9-16(10-4-2)11-17(12-16,15(19)20)13-7-5-6-8-14(13)18/h5-8H,3-4,9-12H2,1-2H3,(H,19,20). The maximum absolute atomic E-state index is 14.0. The third-order valence-electron chi connectivity index (χ3n) is 4.71. The molecule has 1 aromatic rings. The molecule has 0 aromatic heterocycles. The SMILES string of the molecule is CCCC1(CCC)CC(C(=O)O)(c2ccccc2F)C1. The molecule has 0 amide bonds. The second-order valence-corrected chi connectivity index (χ2v) is 6.22. The van der Waals surface area contributed by atoms with Crippen LogP contribution in [-0.4, -0.2) is 11.1 Å². The Morgan fingerprint density at radius 3 is 2.20 bits per heavy atom. The van der Waals surface area contributed by atoms with E-state index in [1.165, 1.54) is 6.07 Å². The van der Waals surface area contributed by atoms with E-state index in [0.29, 0.717) is 18.4 Å². The Kier molecular flexibility index (Phi) is 4.17. The molecule has 2 rings (SSSR count). The van der Waals surface area contributed by atoms with Crippen molar-refractivity contribution in [2.75, 3.05) is 0 Å². The summed E-state index contributed by atoms with van der Waals surface area (Å²) in [4.78, 5) is 11.8. The number of hydrogen-bond acceptors (Lipinski definition) is 1. The van der Waals surface area contributed by atoms with Crippen LogP contribution < -0.4 is 0 Å². The van der Waals surface area contributed by atoms with Gasteiger partial charge in [0, 0.05) is 5.56 Å². The van der Waals surface area contributed by atoms with Crippen molar-refractivity contribution in [3.63, 3.8) is 0 Å². The van der Waals surface area contributed by atoms with Crippen LogP contribution in [0.2, 0.25) is 0 Å². The zero-order chi connectivity index (χ0) is 14.8. The number of benzene rings is 1.